The van der Waals surface area contributed by atoms with Crippen molar-refractivity contribution in [3.05, 3.63) is 95.0 Å². The molecule has 4 aromatic rings. The van der Waals surface area contributed by atoms with Crippen LogP contribution >= 0.6 is 0 Å². The summed E-state index contributed by atoms with van der Waals surface area (Å²) < 4.78 is 25.4. The smallest absolute Gasteiger partial charge is 0.255 e. The molecule has 5 nitrogen and oxygen atoms in total. The average Bonchev–Trinajstić information content (AvgIpc) is 3.17. The lowest BCUT2D eigenvalue weighted by Crippen LogP contribution is -2.14. The van der Waals surface area contributed by atoms with Crippen LogP contribution in [0.5, 0.6) is 5.75 Å². The van der Waals surface area contributed by atoms with Crippen molar-refractivity contribution in [2.75, 3.05) is 11.9 Å². The molecule has 0 unspecified atom stereocenters. The number of amides is 1. The highest BCUT2D eigenvalue weighted by Crippen LogP contribution is 2.33. The predicted molar refractivity (Wildman–Crippen MR) is 121 cm³/mol. The lowest BCUT2D eigenvalue weighted by molar-refractivity contribution is 0.101. The maximum Gasteiger partial charge on any atom is 0.255 e. The number of halogens is 1. The van der Waals surface area contributed by atoms with Crippen LogP contribution in [0.4, 0.5) is 10.1 Å². The van der Waals surface area contributed by atoms with E-state index in [2.05, 4.69) is 5.32 Å². The molecule has 3 aromatic carbocycles. The van der Waals surface area contributed by atoms with Crippen molar-refractivity contribution in [3.63, 3.8) is 0 Å². The SMILES string of the molecule is CCCOc1cccc(C(=O)Nc2c(C(=O)c3ccc(C)c(F)c3)oc3ccccc23)c1. The molecule has 6 heteroatoms. The fourth-order valence-corrected chi connectivity index (χ4v) is 3.33. The van der Waals surface area contributed by atoms with E-state index >= 15 is 0 Å². The van der Waals surface area contributed by atoms with E-state index in [0.29, 0.717) is 34.5 Å². The maximum atomic E-state index is 14.1. The quantitative estimate of drug-likeness (QED) is 0.356. The summed E-state index contributed by atoms with van der Waals surface area (Å²) in [6.45, 7) is 4.16. The van der Waals surface area contributed by atoms with Crippen molar-refractivity contribution in [1.29, 1.82) is 0 Å². The number of rotatable bonds is 7. The molecule has 0 bridgehead atoms. The molecule has 4 rings (SSSR count). The molecule has 0 radical (unpaired) electrons. The van der Waals surface area contributed by atoms with E-state index in [1.54, 1.807) is 55.5 Å². The second-order valence-electron chi connectivity index (χ2n) is 7.43. The molecular weight excluding hydrogens is 409 g/mol. The first-order chi connectivity index (χ1) is 15.5. The first kappa shape index (κ1) is 21.3. The Hall–Kier alpha value is -3.93. The second-order valence-corrected chi connectivity index (χ2v) is 7.43. The largest absolute Gasteiger partial charge is 0.494 e. The third kappa shape index (κ3) is 4.25. The van der Waals surface area contributed by atoms with E-state index in [1.807, 2.05) is 6.92 Å². The van der Waals surface area contributed by atoms with Crippen molar-refractivity contribution < 1.29 is 23.1 Å². The van der Waals surface area contributed by atoms with Gasteiger partial charge in [-0.3, -0.25) is 9.59 Å². The monoisotopic (exact) mass is 431 g/mol. The summed E-state index contributed by atoms with van der Waals surface area (Å²) in [6.07, 6.45) is 0.850. The minimum atomic E-state index is -0.518. The van der Waals surface area contributed by atoms with Gasteiger partial charge in [-0.25, -0.2) is 4.39 Å². The third-order valence-electron chi connectivity index (χ3n) is 5.04. The van der Waals surface area contributed by atoms with Crippen LogP contribution in [-0.4, -0.2) is 18.3 Å². The summed E-state index contributed by atoms with van der Waals surface area (Å²) in [4.78, 5) is 26.2. The molecule has 0 atom stereocenters. The van der Waals surface area contributed by atoms with Crippen LogP contribution in [-0.2, 0) is 0 Å². The summed E-state index contributed by atoms with van der Waals surface area (Å²) in [5.74, 6) is -0.885. The number of furan rings is 1. The molecule has 1 heterocycles. The Bertz CT molecular complexity index is 1310. The molecule has 162 valence electrons. The number of carbonyl (C=O) groups excluding carboxylic acids is 2. The van der Waals surface area contributed by atoms with Crippen molar-refractivity contribution >= 4 is 28.3 Å². The van der Waals surface area contributed by atoms with E-state index in [1.165, 1.54) is 18.2 Å². The number of aryl methyl sites for hydroxylation is 1. The zero-order chi connectivity index (χ0) is 22.7. The summed E-state index contributed by atoms with van der Waals surface area (Å²) in [5.41, 5.74) is 1.64. The zero-order valence-electron chi connectivity index (χ0n) is 17.8. The lowest BCUT2D eigenvalue weighted by Gasteiger charge is -2.09. The van der Waals surface area contributed by atoms with Gasteiger partial charge in [-0.1, -0.05) is 37.3 Å². The number of hydrogen-bond donors (Lipinski definition) is 1. The van der Waals surface area contributed by atoms with E-state index in [0.717, 1.165) is 6.42 Å². The molecule has 0 fully saturated rings. The Balaban J connectivity index is 1.71. The Morgan fingerprint density at radius 1 is 1.00 bits per heavy atom. The first-order valence-electron chi connectivity index (χ1n) is 10.3. The zero-order valence-corrected chi connectivity index (χ0v) is 17.8. The van der Waals surface area contributed by atoms with Crippen LogP contribution in [0.25, 0.3) is 11.0 Å². The van der Waals surface area contributed by atoms with Gasteiger partial charge in [-0.2, -0.15) is 0 Å². The van der Waals surface area contributed by atoms with Gasteiger partial charge in [0.1, 0.15) is 17.1 Å². The average molecular weight is 431 g/mol. The first-order valence-corrected chi connectivity index (χ1v) is 10.3. The topological polar surface area (TPSA) is 68.5 Å². The molecular formula is C26H22FNO4. The fourth-order valence-electron chi connectivity index (χ4n) is 3.33. The fraction of sp³-hybridized carbons (Fsp3) is 0.154. The van der Waals surface area contributed by atoms with Crippen LogP contribution in [0.2, 0.25) is 0 Å². The minimum Gasteiger partial charge on any atom is -0.494 e. The van der Waals surface area contributed by atoms with E-state index in [9.17, 15) is 14.0 Å². The van der Waals surface area contributed by atoms with E-state index in [-0.39, 0.29) is 17.0 Å². The van der Waals surface area contributed by atoms with Crippen molar-refractivity contribution in [2.45, 2.75) is 20.3 Å². The number of benzene rings is 3. The van der Waals surface area contributed by atoms with Gasteiger partial charge in [-0.05, 0) is 55.3 Å². The molecule has 1 aromatic heterocycles. The minimum absolute atomic E-state index is 0.0545. The van der Waals surface area contributed by atoms with Crippen LogP contribution in [0, 0.1) is 12.7 Å². The van der Waals surface area contributed by atoms with Gasteiger partial charge < -0.3 is 14.5 Å². The molecule has 0 aliphatic heterocycles. The summed E-state index contributed by atoms with van der Waals surface area (Å²) in [7, 11) is 0. The number of hydrogen-bond acceptors (Lipinski definition) is 4. The molecule has 0 saturated carbocycles. The van der Waals surface area contributed by atoms with Crippen molar-refractivity contribution in [1.82, 2.24) is 0 Å². The number of para-hydroxylation sites is 1. The van der Waals surface area contributed by atoms with Gasteiger partial charge in [0.15, 0.2) is 5.76 Å². The van der Waals surface area contributed by atoms with Crippen LogP contribution in [0.1, 0.15) is 45.4 Å². The molecule has 0 spiro atoms. The Morgan fingerprint density at radius 2 is 1.81 bits per heavy atom. The summed E-state index contributed by atoms with van der Waals surface area (Å²) in [6, 6.07) is 18.1. The van der Waals surface area contributed by atoms with E-state index in [4.69, 9.17) is 9.15 Å². The number of nitrogens with one attached hydrogen (secondary N) is 1. The normalized spacial score (nSPS) is 10.8. The number of anilines is 1. The van der Waals surface area contributed by atoms with Crippen molar-refractivity contribution in [2.24, 2.45) is 0 Å². The number of ketones is 1. The molecule has 1 N–H and O–H groups in total. The Labute approximate surface area is 184 Å². The molecule has 1 amide bonds. The standard InChI is InChI=1S/C26H22FNO4/c1-3-13-31-19-8-6-7-18(14-19)26(30)28-23-20-9-4-5-10-22(20)32-25(23)24(29)17-12-11-16(2)21(27)15-17/h4-12,14-15H,3,13H2,1-2H3,(H,28,30). The maximum absolute atomic E-state index is 14.1. The number of ether oxygens (including phenoxy) is 1. The van der Waals surface area contributed by atoms with Gasteiger partial charge in [0.25, 0.3) is 5.91 Å². The Kier molecular flexibility index (Phi) is 6.03. The highest BCUT2D eigenvalue weighted by molar-refractivity contribution is 6.18. The number of fused-ring (bicyclic) bond motifs is 1. The summed E-state index contributed by atoms with van der Waals surface area (Å²) in [5, 5.41) is 3.39. The molecule has 0 aliphatic carbocycles. The van der Waals surface area contributed by atoms with Gasteiger partial charge >= 0.3 is 0 Å². The molecule has 0 saturated heterocycles. The van der Waals surface area contributed by atoms with Gasteiger partial charge in [0, 0.05) is 16.5 Å². The van der Waals surface area contributed by atoms with E-state index < -0.39 is 17.5 Å². The van der Waals surface area contributed by atoms with Gasteiger partial charge in [0.05, 0.1) is 12.3 Å². The van der Waals surface area contributed by atoms with Gasteiger partial charge in [-0.15, -0.1) is 0 Å². The third-order valence-corrected chi connectivity index (χ3v) is 5.04. The summed E-state index contributed by atoms with van der Waals surface area (Å²) >= 11 is 0. The highest BCUT2D eigenvalue weighted by Gasteiger charge is 2.24. The van der Waals surface area contributed by atoms with Crippen LogP contribution < -0.4 is 10.1 Å². The Morgan fingerprint density at radius 3 is 2.59 bits per heavy atom. The van der Waals surface area contributed by atoms with Crippen LogP contribution in [0.15, 0.2) is 71.1 Å². The van der Waals surface area contributed by atoms with Crippen molar-refractivity contribution in [3.8, 4) is 5.75 Å². The molecule has 0 aliphatic rings. The van der Waals surface area contributed by atoms with Gasteiger partial charge in [0.2, 0.25) is 5.78 Å². The van der Waals surface area contributed by atoms with Crippen LogP contribution in [0.3, 0.4) is 0 Å². The second kappa shape index (κ2) is 9.06. The lowest BCUT2D eigenvalue weighted by atomic mass is 10.0. The molecule has 32 heavy (non-hydrogen) atoms. The predicted octanol–water partition coefficient (Wildman–Crippen LogP) is 6.15. The highest BCUT2D eigenvalue weighted by atomic mass is 19.1. The number of carbonyl (C=O) groups is 2.